The van der Waals surface area contributed by atoms with Crippen molar-refractivity contribution in [2.75, 3.05) is 11.4 Å². The maximum atomic E-state index is 15.1. The molecule has 6 atom stereocenters. The lowest BCUT2D eigenvalue weighted by Gasteiger charge is -2.50. The van der Waals surface area contributed by atoms with Crippen molar-refractivity contribution >= 4 is 70.1 Å². The fourth-order valence-corrected chi connectivity index (χ4v) is 8.78. The Morgan fingerprint density at radius 3 is 2.14 bits per heavy atom. The molecule has 3 fully saturated rings. The van der Waals surface area contributed by atoms with Crippen LogP contribution >= 0.6 is 34.8 Å². The van der Waals surface area contributed by atoms with Gasteiger partial charge in [-0.25, -0.2) is 26.9 Å². The SMILES string of the molecule is O=C(O)CCCCCN1C(=O)[C@H]2[C@H](CC=C3[C@H]2C[C@@]2(Cl)C(=O)N(c4c(F)c(F)c(F)c(F)c4F)C(=O)[C@@]2(Cl)[C@H]3c2cc(Cl)ccc2O)C1=O. The highest BCUT2D eigenvalue weighted by atomic mass is 35.5. The van der Waals surface area contributed by atoms with Crippen molar-refractivity contribution < 1.29 is 56.1 Å². The summed E-state index contributed by atoms with van der Waals surface area (Å²) in [6, 6.07) is 3.59. The summed E-state index contributed by atoms with van der Waals surface area (Å²) in [7, 11) is 0. The third-order valence-corrected chi connectivity index (χ3v) is 11.5. The van der Waals surface area contributed by atoms with Crippen molar-refractivity contribution in [2.24, 2.45) is 17.8 Å². The Bertz CT molecular complexity index is 1870. The van der Waals surface area contributed by atoms with E-state index in [1.807, 2.05) is 0 Å². The van der Waals surface area contributed by atoms with Gasteiger partial charge in [0.05, 0.1) is 11.8 Å². The number of nitrogens with zero attached hydrogens (tertiary/aromatic N) is 2. The molecule has 4 amide bonds. The van der Waals surface area contributed by atoms with Crippen molar-refractivity contribution in [3.63, 3.8) is 0 Å². The molecule has 9 nitrogen and oxygen atoms in total. The predicted octanol–water partition coefficient (Wildman–Crippen LogP) is 5.95. The third-order valence-electron chi connectivity index (χ3n) is 9.89. The van der Waals surface area contributed by atoms with Gasteiger partial charge in [0.25, 0.3) is 11.8 Å². The summed E-state index contributed by atoms with van der Waals surface area (Å²) in [6.45, 7) is -0.0399. The number of likely N-dealkylation sites (tertiary alicyclic amines) is 1. The molecule has 2 aromatic carbocycles. The number of hydrogen-bond acceptors (Lipinski definition) is 6. The van der Waals surface area contributed by atoms with Crippen LogP contribution in [0.15, 0.2) is 29.8 Å². The highest BCUT2D eigenvalue weighted by Gasteiger charge is 2.77. The molecule has 2 aliphatic carbocycles. The molecule has 2 heterocycles. The quantitative estimate of drug-likeness (QED) is 0.0649. The van der Waals surface area contributed by atoms with Crippen LogP contribution in [0.3, 0.4) is 0 Å². The molecule has 1 saturated carbocycles. The first-order chi connectivity index (χ1) is 23.0. The summed E-state index contributed by atoms with van der Waals surface area (Å²) in [4.78, 5) is 61.8. The van der Waals surface area contributed by atoms with E-state index in [1.54, 1.807) is 0 Å². The van der Waals surface area contributed by atoms with E-state index in [-0.39, 0.29) is 40.4 Å². The lowest BCUT2D eigenvalue weighted by molar-refractivity contribution is -0.141. The molecule has 49 heavy (non-hydrogen) atoms. The van der Waals surface area contributed by atoms with Crippen LogP contribution in [-0.4, -0.2) is 61.0 Å². The minimum Gasteiger partial charge on any atom is -0.508 e. The van der Waals surface area contributed by atoms with Crippen LogP contribution in [0.4, 0.5) is 27.6 Å². The molecule has 6 rings (SSSR count). The second kappa shape index (κ2) is 12.2. The molecule has 0 aromatic heterocycles. The first-order valence-corrected chi connectivity index (χ1v) is 16.2. The van der Waals surface area contributed by atoms with Crippen LogP contribution in [0.1, 0.15) is 50.0 Å². The zero-order valence-electron chi connectivity index (χ0n) is 24.9. The van der Waals surface area contributed by atoms with E-state index in [0.717, 1.165) is 11.0 Å². The van der Waals surface area contributed by atoms with Gasteiger partial charge in [-0.1, -0.05) is 29.7 Å². The zero-order chi connectivity index (χ0) is 35.9. The Balaban J connectivity index is 1.48. The van der Waals surface area contributed by atoms with Crippen LogP contribution < -0.4 is 4.90 Å². The third kappa shape index (κ3) is 4.96. The van der Waals surface area contributed by atoms with Crippen molar-refractivity contribution in [1.82, 2.24) is 4.90 Å². The van der Waals surface area contributed by atoms with E-state index in [0.29, 0.717) is 19.3 Å². The lowest BCUT2D eigenvalue weighted by atomic mass is 9.56. The summed E-state index contributed by atoms with van der Waals surface area (Å²) in [5, 5.41) is 19.9. The van der Waals surface area contributed by atoms with Crippen LogP contribution in [0.5, 0.6) is 5.75 Å². The molecule has 0 spiro atoms. The van der Waals surface area contributed by atoms with Gasteiger partial charge in [-0.05, 0) is 49.8 Å². The molecule has 2 saturated heterocycles. The smallest absolute Gasteiger partial charge is 0.303 e. The highest BCUT2D eigenvalue weighted by molar-refractivity contribution is 6.58. The van der Waals surface area contributed by atoms with Crippen molar-refractivity contribution in [3.05, 3.63) is 69.5 Å². The summed E-state index contributed by atoms with van der Waals surface area (Å²) >= 11 is 20.3. The Hall–Kier alpha value is -3.75. The van der Waals surface area contributed by atoms with Crippen molar-refractivity contribution in [1.29, 1.82) is 0 Å². The number of fused-ring (bicyclic) bond motifs is 4. The van der Waals surface area contributed by atoms with Crippen LogP contribution in [0, 0.1) is 46.8 Å². The molecule has 2 N–H and O–H groups in total. The van der Waals surface area contributed by atoms with Crippen molar-refractivity contribution in [2.45, 2.75) is 54.2 Å². The van der Waals surface area contributed by atoms with E-state index < -0.39 is 110 Å². The Morgan fingerprint density at radius 2 is 1.51 bits per heavy atom. The van der Waals surface area contributed by atoms with Crippen molar-refractivity contribution in [3.8, 4) is 5.75 Å². The van der Waals surface area contributed by atoms with Gasteiger partial charge in [0.15, 0.2) is 33.0 Å². The minimum absolute atomic E-state index is 0.000707. The molecule has 2 aromatic rings. The fourth-order valence-electron chi connectivity index (χ4n) is 7.68. The monoisotopic (exact) mass is 748 g/mol. The number of aromatic hydroxyl groups is 1. The number of anilines is 1. The zero-order valence-corrected chi connectivity index (χ0v) is 27.2. The normalized spacial score (nSPS) is 29.3. The fraction of sp³-hybridized carbons (Fsp3) is 0.406. The number of carboxylic acids is 1. The van der Waals surface area contributed by atoms with Gasteiger partial charge in [0.1, 0.15) is 11.4 Å². The van der Waals surface area contributed by atoms with E-state index in [9.17, 15) is 42.3 Å². The number of benzene rings is 2. The molecule has 0 radical (unpaired) electrons. The lowest BCUT2D eigenvalue weighted by Crippen LogP contribution is -2.60. The number of phenolic OH excluding ortho intramolecular Hbond substituents is 1. The highest BCUT2D eigenvalue weighted by Crippen LogP contribution is 2.66. The number of unbranched alkanes of at least 4 members (excludes halogenated alkanes) is 2. The van der Waals surface area contributed by atoms with Crippen LogP contribution in [-0.2, 0) is 24.0 Å². The van der Waals surface area contributed by atoms with Gasteiger partial charge >= 0.3 is 5.97 Å². The molecule has 2 aliphatic heterocycles. The number of carbonyl (C=O) groups is 5. The van der Waals surface area contributed by atoms with Gasteiger partial charge in [0, 0.05) is 29.5 Å². The number of imide groups is 2. The summed E-state index contributed by atoms with van der Waals surface area (Å²) in [5.74, 6) is -23.5. The average molecular weight is 750 g/mol. The maximum absolute atomic E-state index is 15.1. The second-order valence-corrected chi connectivity index (χ2v) is 14.1. The number of aliphatic carboxylic acids is 1. The van der Waals surface area contributed by atoms with Crippen LogP contribution in [0.25, 0.3) is 0 Å². The number of allylic oxidation sites excluding steroid dienone is 2. The van der Waals surface area contributed by atoms with Gasteiger partial charge in [-0.3, -0.25) is 28.9 Å². The summed E-state index contributed by atoms with van der Waals surface area (Å²) in [5.41, 5.74) is -1.95. The maximum Gasteiger partial charge on any atom is 0.303 e. The van der Waals surface area contributed by atoms with Gasteiger partial charge in [-0.2, -0.15) is 0 Å². The average Bonchev–Trinajstić information content (AvgIpc) is 3.38. The summed E-state index contributed by atoms with van der Waals surface area (Å²) < 4.78 is 72.9. The van der Waals surface area contributed by atoms with E-state index in [4.69, 9.17) is 39.9 Å². The number of hydrogen-bond donors (Lipinski definition) is 2. The largest absolute Gasteiger partial charge is 0.508 e. The number of carbonyl (C=O) groups excluding carboxylic acids is 4. The molecule has 4 aliphatic rings. The van der Waals surface area contributed by atoms with Crippen LogP contribution in [0.2, 0.25) is 5.02 Å². The molecule has 17 heteroatoms. The number of halogens is 8. The molecular weight excluding hydrogens is 726 g/mol. The Kier molecular flexibility index (Phi) is 8.76. The van der Waals surface area contributed by atoms with E-state index in [1.165, 1.54) is 18.2 Å². The molecular formula is C32H24Cl3F5N2O7. The van der Waals surface area contributed by atoms with Gasteiger partial charge < -0.3 is 10.2 Å². The topological polar surface area (TPSA) is 132 Å². The first kappa shape index (κ1) is 35.1. The number of phenols is 1. The van der Waals surface area contributed by atoms with Gasteiger partial charge in [0.2, 0.25) is 17.6 Å². The number of alkyl halides is 2. The molecule has 0 unspecified atom stereocenters. The number of carboxylic acid groups (broad SMARTS) is 1. The second-order valence-electron chi connectivity index (χ2n) is 12.4. The first-order valence-electron chi connectivity index (χ1n) is 15.0. The minimum atomic E-state index is -2.79. The predicted molar refractivity (Wildman–Crippen MR) is 162 cm³/mol. The Morgan fingerprint density at radius 1 is 0.878 bits per heavy atom. The molecule has 260 valence electrons. The number of rotatable bonds is 8. The summed E-state index contributed by atoms with van der Waals surface area (Å²) in [6.07, 6.45) is 1.63. The standard InChI is InChI=1S/C32H24Cl3F5N2O7/c33-12-5-8-17(43)15(10-12)20-13-6-7-14-19(28(47)41(27(14)46)9-3-1-2-4-18(44)45)16(13)11-31(34)29(48)42(30(49)32(20,31)35)26-24(39)22(37)21(36)23(38)25(26)40/h5-6,8,10,14,16,19-20,43H,1-4,7,9,11H2,(H,44,45)/t14-,16+,19-,20+,31+,32-/m0/s1. The Labute approximate surface area is 289 Å². The molecule has 0 bridgehead atoms. The van der Waals surface area contributed by atoms with E-state index in [2.05, 4.69) is 0 Å². The van der Waals surface area contributed by atoms with E-state index >= 15 is 8.78 Å². The number of amides is 4. The van der Waals surface area contributed by atoms with Gasteiger partial charge in [-0.15, -0.1) is 23.2 Å².